The Morgan fingerprint density at radius 3 is 2.50 bits per heavy atom. The van der Waals surface area contributed by atoms with Crippen molar-refractivity contribution in [3.8, 4) is 11.1 Å². The molecule has 5 N–H and O–H groups in total. The lowest BCUT2D eigenvalue weighted by Gasteiger charge is -2.31. The minimum absolute atomic E-state index is 0.119. The van der Waals surface area contributed by atoms with Crippen molar-refractivity contribution in [1.29, 1.82) is 0 Å². The van der Waals surface area contributed by atoms with Crippen LogP contribution in [-0.2, 0) is 16.6 Å². The largest absolute Gasteiger partial charge is 0.393 e. The van der Waals surface area contributed by atoms with E-state index in [4.69, 9.17) is 5.73 Å². The Morgan fingerprint density at radius 1 is 1.08 bits per heavy atom. The Balaban J connectivity index is 1.40. The van der Waals surface area contributed by atoms with E-state index < -0.39 is 15.9 Å². The smallest absolute Gasteiger partial charge is 0.250 e. The van der Waals surface area contributed by atoms with Crippen LogP contribution in [0.3, 0.4) is 0 Å². The number of piperidine rings is 1. The molecule has 1 saturated heterocycles. The maximum Gasteiger partial charge on any atom is 0.250 e. The van der Waals surface area contributed by atoms with Gasteiger partial charge in [-0.05, 0) is 91.8 Å². The number of nitrogens with zero attached hydrogens (tertiary/aromatic N) is 1. The molecular formula is C29H38N4O4S. The summed E-state index contributed by atoms with van der Waals surface area (Å²) in [7, 11) is -3.19. The van der Waals surface area contributed by atoms with Gasteiger partial charge < -0.3 is 21.1 Å². The monoisotopic (exact) mass is 538 g/mol. The highest BCUT2D eigenvalue weighted by atomic mass is 32.2. The van der Waals surface area contributed by atoms with E-state index in [9.17, 15) is 18.3 Å². The topological polar surface area (TPSA) is 129 Å². The first-order valence-corrected chi connectivity index (χ1v) is 15.3. The third-order valence-corrected chi connectivity index (χ3v) is 10.2. The molecular weight excluding hydrogens is 500 g/mol. The predicted octanol–water partition coefficient (Wildman–Crippen LogP) is 3.86. The van der Waals surface area contributed by atoms with Gasteiger partial charge in [0.1, 0.15) is 0 Å². The molecule has 38 heavy (non-hydrogen) atoms. The lowest BCUT2D eigenvalue weighted by Crippen LogP contribution is -2.38. The average Bonchev–Trinajstić information content (AvgIpc) is 3.36. The fourth-order valence-corrected chi connectivity index (χ4v) is 7.11. The van der Waals surface area contributed by atoms with Crippen molar-refractivity contribution in [3.05, 3.63) is 59.3 Å². The molecule has 1 aliphatic carbocycles. The number of primary amides is 1. The number of benzene rings is 2. The van der Waals surface area contributed by atoms with E-state index in [2.05, 4.69) is 28.5 Å². The Bertz CT molecular complexity index is 1400. The number of sulfonamides is 1. The van der Waals surface area contributed by atoms with Gasteiger partial charge in [-0.15, -0.1) is 0 Å². The van der Waals surface area contributed by atoms with E-state index in [1.54, 1.807) is 11.2 Å². The molecule has 2 aromatic carbocycles. The van der Waals surface area contributed by atoms with Crippen LogP contribution in [0.2, 0.25) is 0 Å². The van der Waals surface area contributed by atoms with E-state index in [1.165, 1.54) is 0 Å². The van der Waals surface area contributed by atoms with Gasteiger partial charge in [0.05, 0.1) is 22.9 Å². The Hall–Kier alpha value is -2.72. The van der Waals surface area contributed by atoms with Gasteiger partial charge in [-0.1, -0.05) is 18.2 Å². The summed E-state index contributed by atoms with van der Waals surface area (Å²) in [5, 5.41) is 14.4. The minimum Gasteiger partial charge on any atom is -0.393 e. The summed E-state index contributed by atoms with van der Waals surface area (Å²) in [4.78, 5) is 15.7. The first-order valence-electron chi connectivity index (χ1n) is 13.7. The summed E-state index contributed by atoms with van der Waals surface area (Å²) in [6.07, 6.45) is 6.93. The standard InChI is InChI=1S/C29H38N4O4S/c1-2-38(36,37)33-12-10-20(11-13-33)27-18-32-28-25(27)15-22(16-26(28)29(30)35)21-5-3-4-19(14-21)17-31-23-6-8-24(34)9-7-23/h3-5,14-16,18,20,23-24,31-32,34H,2,6-13,17H2,1H3,(H2,30,35)/t23-,24-. The molecule has 5 rings (SSSR count). The van der Waals surface area contributed by atoms with Gasteiger partial charge in [0, 0.05) is 37.3 Å². The van der Waals surface area contributed by atoms with Crippen molar-refractivity contribution in [2.75, 3.05) is 18.8 Å². The molecule has 0 atom stereocenters. The molecule has 1 aromatic heterocycles. The van der Waals surface area contributed by atoms with Gasteiger partial charge in [0.25, 0.3) is 5.91 Å². The van der Waals surface area contributed by atoms with Crippen LogP contribution in [0.15, 0.2) is 42.6 Å². The molecule has 0 bridgehead atoms. The number of aliphatic hydroxyl groups is 1. The minimum atomic E-state index is -3.19. The first-order chi connectivity index (χ1) is 18.2. The summed E-state index contributed by atoms with van der Waals surface area (Å²) >= 11 is 0. The Kier molecular flexibility index (Phi) is 7.90. The number of fused-ring (bicyclic) bond motifs is 1. The van der Waals surface area contributed by atoms with Gasteiger partial charge in [-0.3, -0.25) is 4.79 Å². The summed E-state index contributed by atoms with van der Waals surface area (Å²) in [6, 6.07) is 12.7. The molecule has 2 heterocycles. The number of amides is 1. The fraction of sp³-hybridized carbons (Fsp3) is 0.483. The molecule has 8 nitrogen and oxygen atoms in total. The van der Waals surface area contributed by atoms with Crippen LogP contribution >= 0.6 is 0 Å². The zero-order valence-electron chi connectivity index (χ0n) is 21.9. The predicted molar refractivity (Wildman–Crippen MR) is 150 cm³/mol. The number of carbonyl (C=O) groups is 1. The average molecular weight is 539 g/mol. The van der Waals surface area contributed by atoms with Gasteiger partial charge in [0.2, 0.25) is 10.0 Å². The zero-order chi connectivity index (χ0) is 26.9. The van der Waals surface area contributed by atoms with Gasteiger partial charge in [0.15, 0.2) is 0 Å². The summed E-state index contributed by atoms with van der Waals surface area (Å²) in [5.41, 5.74) is 11.2. The number of hydrogen-bond acceptors (Lipinski definition) is 5. The lowest BCUT2D eigenvalue weighted by atomic mass is 9.88. The zero-order valence-corrected chi connectivity index (χ0v) is 22.8. The van der Waals surface area contributed by atoms with Crippen LogP contribution in [0.4, 0.5) is 0 Å². The molecule has 2 aliphatic rings. The molecule has 2 fully saturated rings. The third kappa shape index (κ3) is 5.66. The second-order valence-electron chi connectivity index (χ2n) is 10.7. The maximum atomic E-state index is 12.4. The van der Waals surface area contributed by atoms with Crippen LogP contribution in [0.1, 0.15) is 72.9 Å². The molecule has 0 spiro atoms. The Morgan fingerprint density at radius 2 is 1.82 bits per heavy atom. The van der Waals surface area contributed by atoms with E-state index in [0.717, 1.165) is 78.2 Å². The van der Waals surface area contributed by atoms with E-state index >= 15 is 0 Å². The third-order valence-electron chi connectivity index (χ3n) is 8.29. The van der Waals surface area contributed by atoms with Crippen molar-refractivity contribution in [2.24, 2.45) is 5.73 Å². The molecule has 0 unspecified atom stereocenters. The Labute approximate surface area is 224 Å². The molecule has 1 amide bonds. The highest BCUT2D eigenvalue weighted by molar-refractivity contribution is 7.89. The molecule has 9 heteroatoms. The maximum absolute atomic E-state index is 12.4. The van der Waals surface area contributed by atoms with E-state index in [0.29, 0.717) is 24.7 Å². The second kappa shape index (κ2) is 11.2. The van der Waals surface area contributed by atoms with Crippen molar-refractivity contribution in [1.82, 2.24) is 14.6 Å². The van der Waals surface area contributed by atoms with Crippen molar-refractivity contribution in [3.63, 3.8) is 0 Å². The number of aromatic nitrogens is 1. The van der Waals surface area contributed by atoms with E-state index in [-0.39, 0.29) is 17.8 Å². The number of hydrogen-bond donors (Lipinski definition) is 4. The lowest BCUT2D eigenvalue weighted by molar-refractivity contribution is 0.100. The van der Waals surface area contributed by atoms with Gasteiger partial charge in [-0.2, -0.15) is 0 Å². The van der Waals surface area contributed by atoms with E-state index in [1.807, 2.05) is 24.4 Å². The number of aromatic amines is 1. The summed E-state index contributed by atoms with van der Waals surface area (Å²) in [5.74, 6) is -0.159. The number of H-pyrrole nitrogens is 1. The summed E-state index contributed by atoms with van der Waals surface area (Å²) < 4.78 is 26.2. The van der Waals surface area contributed by atoms with Crippen LogP contribution in [-0.4, -0.2) is 59.7 Å². The molecule has 1 saturated carbocycles. The highest BCUT2D eigenvalue weighted by Gasteiger charge is 2.29. The van der Waals surface area contributed by atoms with Crippen molar-refractivity contribution >= 4 is 26.8 Å². The number of carbonyl (C=O) groups excluding carboxylic acids is 1. The quantitative estimate of drug-likeness (QED) is 0.346. The normalized spacial score (nSPS) is 21.6. The molecule has 204 valence electrons. The SMILES string of the molecule is CCS(=O)(=O)N1CCC(c2c[nH]c3c(C(N)=O)cc(-c4cccc(CN[C@H]5CC[C@H](O)CC5)c4)cc23)CC1. The van der Waals surface area contributed by atoms with Gasteiger partial charge >= 0.3 is 0 Å². The number of aliphatic hydroxyl groups excluding tert-OH is 1. The summed E-state index contributed by atoms with van der Waals surface area (Å²) in [6.45, 7) is 3.43. The van der Waals surface area contributed by atoms with Gasteiger partial charge in [-0.25, -0.2) is 12.7 Å². The van der Waals surface area contributed by atoms with Crippen LogP contribution in [0.25, 0.3) is 22.0 Å². The molecule has 1 aliphatic heterocycles. The second-order valence-corrected chi connectivity index (χ2v) is 13.0. The molecule has 0 radical (unpaired) electrons. The van der Waals surface area contributed by atoms with Crippen LogP contribution < -0.4 is 11.1 Å². The highest BCUT2D eigenvalue weighted by Crippen LogP contribution is 2.37. The fourth-order valence-electron chi connectivity index (χ4n) is 5.98. The van der Waals surface area contributed by atoms with Crippen molar-refractivity contribution in [2.45, 2.75) is 70.1 Å². The number of nitrogens with two attached hydrogens (primary N) is 1. The van der Waals surface area contributed by atoms with Crippen molar-refractivity contribution < 1.29 is 18.3 Å². The van der Waals surface area contributed by atoms with Crippen LogP contribution in [0.5, 0.6) is 0 Å². The molecule has 3 aromatic rings. The number of rotatable bonds is 8. The number of nitrogens with one attached hydrogen (secondary N) is 2. The van der Waals surface area contributed by atoms with Crippen LogP contribution in [0, 0.1) is 0 Å². The first kappa shape index (κ1) is 26.9.